The predicted molar refractivity (Wildman–Crippen MR) is 59.6 cm³/mol. The first-order valence-electron chi connectivity index (χ1n) is 5.58. The molecule has 7 heteroatoms. The maximum atomic E-state index is 12.0. The molecule has 1 N–H and O–H groups in total. The van der Waals surface area contributed by atoms with E-state index >= 15 is 0 Å². The summed E-state index contributed by atoms with van der Waals surface area (Å²) in [5.74, 6) is 0.439. The van der Waals surface area contributed by atoms with Crippen LogP contribution in [0.1, 0.15) is 23.7 Å². The summed E-state index contributed by atoms with van der Waals surface area (Å²) in [6.07, 6.45) is -5.16. The fourth-order valence-corrected chi connectivity index (χ4v) is 1.51. The minimum absolute atomic E-state index is 0.0473. The van der Waals surface area contributed by atoms with Gasteiger partial charge in [-0.25, -0.2) is 0 Å². The lowest BCUT2D eigenvalue weighted by atomic mass is 10.1. The van der Waals surface area contributed by atoms with Crippen molar-refractivity contribution in [1.29, 1.82) is 0 Å². The van der Waals surface area contributed by atoms with E-state index in [0.29, 0.717) is 6.42 Å². The zero-order valence-corrected chi connectivity index (χ0v) is 9.81. The molecule has 0 amide bonds. The summed E-state index contributed by atoms with van der Waals surface area (Å²) in [5, 5.41) is 12.6. The second-order valence-electron chi connectivity index (χ2n) is 4.06. The Morgan fingerprint density at radius 3 is 2.47 bits per heavy atom. The third-order valence-corrected chi connectivity index (χ3v) is 2.43. The van der Waals surface area contributed by atoms with Crippen LogP contribution in [0.15, 0.2) is 28.8 Å². The van der Waals surface area contributed by atoms with Crippen LogP contribution in [0.5, 0.6) is 5.75 Å². The van der Waals surface area contributed by atoms with E-state index < -0.39 is 12.6 Å². The molecule has 0 fully saturated rings. The van der Waals surface area contributed by atoms with Crippen molar-refractivity contribution in [3.05, 3.63) is 41.5 Å². The van der Waals surface area contributed by atoms with Crippen LogP contribution in [0.25, 0.3) is 0 Å². The van der Waals surface area contributed by atoms with Crippen molar-refractivity contribution in [3.8, 4) is 5.75 Å². The fourth-order valence-electron chi connectivity index (χ4n) is 1.51. The number of benzene rings is 1. The highest BCUT2D eigenvalue weighted by atomic mass is 19.4. The van der Waals surface area contributed by atoms with Gasteiger partial charge in [0.25, 0.3) is 0 Å². The van der Waals surface area contributed by atoms with Crippen LogP contribution < -0.4 is 0 Å². The topological polar surface area (TPSA) is 59.2 Å². The molecule has 0 spiro atoms. The summed E-state index contributed by atoms with van der Waals surface area (Å²) < 4.78 is 40.9. The van der Waals surface area contributed by atoms with Gasteiger partial charge in [0.15, 0.2) is 5.82 Å². The van der Waals surface area contributed by atoms with Crippen molar-refractivity contribution in [2.24, 2.45) is 0 Å². The molecular weight excluding hydrogens is 261 g/mol. The maximum Gasteiger partial charge on any atom is 0.389 e. The Morgan fingerprint density at radius 2 is 1.84 bits per heavy atom. The van der Waals surface area contributed by atoms with E-state index in [-0.39, 0.29) is 23.9 Å². The van der Waals surface area contributed by atoms with E-state index in [4.69, 9.17) is 9.63 Å². The number of nitrogens with zero attached hydrogens (tertiary/aromatic N) is 2. The lowest BCUT2D eigenvalue weighted by Crippen LogP contribution is -2.09. The highest BCUT2D eigenvalue weighted by Gasteiger charge is 2.27. The summed E-state index contributed by atoms with van der Waals surface area (Å²) in [6.45, 7) is 0. The summed E-state index contributed by atoms with van der Waals surface area (Å²) in [6, 6.07) is 6.37. The number of phenolic OH excluding ortho intramolecular Hbond substituents is 1. The molecule has 19 heavy (non-hydrogen) atoms. The van der Waals surface area contributed by atoms with Crippen molar-refractivity contribution in [2.45, 2.75) is 25.4 Å². The molecule has 0 saturated carbocycles. The van der Waals surface area contributed by atoms with Crippen LogP contribution in [0, 0.1) is 0 Å². The van der Waals surface area contributed by atoms with Crippen LogP contribution in [0.3, 0.4) is 0 Å². The second-order valence-corrected chi connectivity index (χ2v) is 4.06. The van der Waals surface area contributed by atoms with Gasteiger partial charge < -0.3 is 9.63 Å². The number of phenols is 1. The Morgan fingerprint density at radius 1 is 1.16 bits per heavy atom. The van der Waals surface area contributed by atoms with Gasteiger partial charge in [-0.3, -0.25) is 0 Å². The Hall–Kier alpha value is -2.05. The normalized spacial score (nSPS) is 11.7. The van der Waals surface area contributed by atoms with Gasteiger partial charge in [-0.05, 0) is 17.7 Å². The van der Waals surface area contributed by atoms with E-state index in [0.717, 1.165) is 5.56 Å². The largest absolute Gasteiger partial charge is 0.508 e. The van der Waals surface area contributed by atoms with E-state index in [1.165, 1.54) is 12.1 Å². The third kappa shape index (κ3) is 4.27. The first-order chi connectivity index (χ1) is 8.92. The number of aromatic nitrogens is 2. The van der Waals surface area contributed by atoms with Crippen molar-refractivity contribution in [1.82, 2.24) is 10.1 Å². The van der Waals surface area contributed by atoms with Crippen LogP contribution >= 0.6 is 0 Å². The van der Waals surface area contributed by atoms with Crippen LogP contribution in [0.4, 0.5) is 13.2 Å². The molecule has 4 nitrogen and oxygen atoms in total. The average molecular weight is 272 g/mol. The van der Waals surface area contributed by atoms with Crippen molar-refractivity contribution < 1.29 is 22.8 Å². The zero-order valence-electron chi connectivity index (χ0n) is 9.81. The number of rotatable bonds is 4. The molecule has 1 heterocycles. The van der Waals surface area contributed by atoms with E-state index in [1.807, 2.05) is 0 Å². The molecule has 0 saturated heterocycles. The molecule has 1 aromatic heterocycles. The summed E-state index contributed by atoms with van der Waals surface area (Å²) in [5.41, 5.74) is 0.823. The van der Waals surface area contributed by atoms with Gasteiger partial charge >= 0.3 is 6.18 Å². The molecule has 2 rings (SSSR count). The summed E-state index contributed by atoms with van der Waals surface area (Å²) >= 11 is 0. The smallest absolute Gasteiger partial charge is 0.389 e. The van der Waals surface area contributed by atoms with Crippen molar-refractivity contribution in [3.63, 3.8) is 0 Å². The molecule has 0 atom stereocenters. The number of alkyl halides is 3. The van der Waals surface area contributed by atoms with Gasteiger partial charge in [-0.2, -0.15) is 18.2 Å². The predicted octanol–water partition coefficient (Wildman–Crippen LogP) is 2.86. The van der Waals surface area contributed by atoms with Gasteiger partial charge in [0.05, 0.1) is 12.8 Å². The van der Waals surface area contributed by atoms with Gasteiger partial charge in [0, 0.05) is 6.42 Å². The highest BCUT2D eigenvalue weighted by molar-refractivity contribution is 5.27. The lowest BCUT2D eigenvalue weighted by molar-refractivity contribution is -0.134. The molecule has 0 radical (unpaired) electrons. The number of hydrogen-bond donors (Lipinski definition) is 1. The second kappa shape index (κ2) is 5.29. The third-order valence-electron chi connectivity index (χ3n) is 2.43. The first kappa shape index (κ1) is 13.4. The number of halogens is 3. The Kier molecular flexibility index (Phi) is 3.73. The lowest BCUT2D eigenvalue weighted by Gasteiger charge is -2.01. The van der Waals surface area contributed by atoms with Gasteiger partial charge in [-0.1, -0.05) is 17.3 Å². The number of hydrogen-bond acceptors (Lipinski definition) is 4. The van der Waals surface area contributed by atoms with Gasteiger partial charge in [0.2, 0.25) is 5.89 Å². The van der Waals surface area contributed by atoms with E-state index in [2.05, 4.69) is 10.1 Å². The van der Waals surface area contributed by atoms with Crippen molar-refractivity contribution in [2.75, 3.05) is 0 Å². The molecule has 0 unspecified atom stereocenters. The van der Waals surface area contributed by atoms with E-state index in [9.17, 15) is 13.2 Å². The molecule has 0 bridgehead atoms. The summed E-state index contributed by atoms with van der Waals surface area (Å²) in [4.78, 5) is 3.89. The zero-order chi connectivity index (χ0) is 13.9. The molecule has 0 aliphatic carbocycles. The first-order valence-corrected chi connectivity index (χ1v) is 5.58. The summed E-state index contributed by atoms with van der Waals surface area (Å²) in [7, 11) is 0. The number of aromatic hydroxyl groups is 1. The molecular formula is C12H11F3N2O2. The highest BCUT2D eigenvalue weighted by Crippen LogP contribution is 2.21. The Labute approximate surface area is 106 Å². The molecule has 2 aromatic rings. The Bertz CT molecular complexity index is 535. The minimum Gasteiger partial charge on any atom is -0.508 e. The Balaban J connectivity index is 1.95. The monoisotopic (exact) mass is 272 g/mol. The molecule has 1 aromatic carbocycles. The average Bonchev–Trinajstić information content (AvgIpc) is 2.77. The molecule has 0 aliphatic heterocycles. The maximum absolute atomic E-state index is 12.0. The van der Waals surface area contributed by atoms with Gasteiger partial charge in [0.1, 0.15) is 5.75 Å². The molecule has 0 aliphatic rings. The molecule has 102 valence electrons. The van der Waals surface area contributed by atoms with Crippen LogP contribution in [0.2, 0.25) is 0 Å². The standard InChI is InChI=1S/C12H11F3N2O2/c13-12(14,15)6-5-10-16-11(19-17-10)7-8-1-3-9(18)4-2-8/h1-4,18H,5-7H2. The minimum atomic E-state index is -4.22. The van der Waals surface area contributed by atoms with E-state index in [1.54, 1.807) is 12.1 Å². The fraction of sp³-hybridized carbons (Fsp3) is 0.333. The van der Waals surface area contributed by atoms with Crippen LogP contribution in [-0.4, -0.2) is 21.4 Å². The van der Waals surface area contributed by atoms with Gasteiger partial charge in [-0.15, -0.1) is 0 Å². The SMILES string of the molecule is Oc1ccc(Cc2nc(CCC(F)(F)F)no2)cc1. The van der Waals surface area contributed by atoms with Crippen LogP contribution in [-0.2, 0) is 12.8 Å². The quantitative estimate of drug-likeness (QED) is 0.929. The number of aryl methyl sites for hydroxylation is 1. The van der Waals surface area contributed by atoms with Crippen molar-refractivity contribution >= 4 is 0 Å².